The first-order chi connectivity index (χ1) is 11.2. The molecule has 1 fully saturated rings. The quantitative estimate of drug-likeness (QED) is 0.876. The summed E-state index contributed by atoms with van der Waals surface area (Å²) in [5.74, 6) is 0.584. The molecule has 1 saturated heterocycles. The molecule has 23 heavy (non-hydrogen) atoms. The van der Waals surface area contributed by atoms with E-state index in [0.717, 1.165) is 18.0 Å². The summed E-state index contributed by atoms with van der Waals surface area (Å²) in [7, 11) is 0. The summed E-state index contributed by atoms with van der Waals surface area (Å²) in [5.41, 5.74) is 0. The van der Waals surface area contributed by atoms with E-state index in [-0.39, 0.29) is 6.03 Å². The van der Waals surface area contributed by atoms with Gasteiger partial charge in [-0.2, -0.15) is 0 Å². The number of carbonyl (C=O) groups excluding carboxylic acids is 1. The molecule has 0 radical (unpaired) electrons. The van der Waals surface area contributed by atoms with Gasteiger partial charge in [-0.05, 0) is 23.6 Å². The third kappa shape index (κ3) is 4.34. The molecule has 2 amide bonds. The van der Waals surface area contributed by atoms with Crippen LogP contribution in [0.4, 0.5) is 4.79 Å². The maximum absolute atomic E-state index is 12.1. The van der Waals surface area contributed by atoms with Crippen LogP contribution in [-0.2, 0) is 6.54 Å². The van der Waals surface area contributed by atoms with Crippen molar-refractivity contribution >= 4 is 17.4 Å². The number of aliphatic hydroxyl groups is 1. The molecule has 6 nitrogen and oxygen atoms in total. The number of urea groups is 1. The Balaban J connectivity index is 1.40. The number of carbonyl (C=O) groups is 1. The second kappa shape index (κ2) is 7.63. The van der Waals surface area contributed by atoms with Crippen molar-refractivity contribution in [2.24, 2.45) is 0 Å². The van der Waals surface area contributed by atoms with Crippen molar-refractivity contribution in [3.05, 3.63) is 46.5 Å². The minimum atomic E-state index is -0.621. The summed E-state index contributed by atoms with van der Waals surface area (Å²) in [4.78, 5) is 17.3. The number of amides is 2. The Hall–Kier alpha value is -1.83. The van der Waals surface area contributed by atoms with E-state index in [1.54, 1.807) is 29.7 Å². The number of piperazine rings is 1. The van der Waals surface area contributed by atoms with E-state index in [1.807, 2.05) is 22.4 Å². The third-order valence-electron chi connectivity index (χ3n) is 3.96. The number of hydrogen-bond acceptors (Lipinski definition) is 5. The second-order valence-electron chi connectivity index (χ2n) is 5.56. The van der Waals surface area contributed by atoms with Gasteiger partial charge in [0.2, 0.25) is 0 Å². The molecular weight excluding hydrogens is 314 g/mol. The van der Waals surface area contributed by atoms with E-state index in [9.17, 15) is 9.90 Å². The predicted octanol–water partition coefficient (Wildman–Crippen LogP) is 1.90. The number of rotatable bonds is 5. The van der Waals surface area contributed by atoms with Gasteiger partial charge >= 0.3 is 6.03 Å². The highest BCUT2D eigenvalue weighted by atomic mass is 32.1. The molecule has 0 aliphatic carbocycles. The van der Waals surface area contributed by atoms with Crippen LogP contribution in [0.2, 0.25) is 0 Å². The normalized spacial score (nSPS) is 17.2. The van der Waals surface area contributed by atoms with Gasteiger partial charge in [-0.1, -0.05) is 6.07 Å². The van der Waals surface area contributed by atoms with Crippen LogP contribution in [0.3, 0.4) is 0 Å². The maximum atomic E-state index is 12.1. The highest BCUT2D eigenvalue weighted by Gasteiger charge is 2.23. The summed E-state index contributed by atoms with van der Waals surface area (Å²) in [6.07, 6.45) is 0.943. The van der Waals surface area contributed by atoms with Crippen LogP contribution in [0.1, 0.15) is 16.7 Å². The molecule has 1 atom stereocenters. The fourth-order valence-electron chi connectivity index (χ4n) is 2.64. The topological polar surface area (TPSA) is 69.0 Å². The van der Waals surface area contributed by atoms with Crippen LogP contribution in [0.5, 0.6) is 0 Å². The van der Waals surface area contributed by atoms with Gasteiger partial charge in [0.25, 0.3) is 0 Å². The van der Waals surface area contributed by atoms with E-state index < -0.39 is 6.10 Å². The van der Waals surface area contributed by atoms with Crippen LogP contribution < -0.4 is 5.32 Å². The average molecular weight is 335 g/mol. The summed E-state index contributed by atoms with van der Waals surface area (Å²) < 4.78 is 5.21. The highest BCUT2D eigenvalue weighted by Crippen LogP contribution is 2.15. The van der Waals surface area contributed by atoms with Crippen LogP contribution in [0, 0.1) is 0 Å². The molecule has 0 aromatic carbocycles. The summed E-state index contributed by atoms with van der Waals surface area (Å²) in [6.45, 7) is 3.95. The molecule has 1 aliphatic rings. The number of furan rings is 1. The first kappa shape index (κ1) is 16.0. The molecule has 124 valence electrons. The second-order valence-corrected chi connectivity index (χ2v) is 6.59. The van der Waals surface area contributed by atoms with Crippen molar-refractivity contribution in [2.45, 2.75) is 12.6 Å². The van der Waals surface area contributed by atoms with Crippen molar-refractivity contribution in [3.63, 3.8) is 0 Å². The number of nitrogens with zero attached hydrogens (tertiary/aromatic N) is 2. The SMILES string of the molecule is O=C(NCc1cccs1)N1CCN(CC(O)c2ccco2)CC1. The Bertz CT molecular complexity index is 592. The molecule has 2 N–H and O–H groups in total. The summed E-state index contributed by atoms with van der Waals surface area (Å²) >= 11 is 1.64. The Labute approximate surface area is 139 Å². The molecule has 3 rings (SSSR count). The van der Waals surface area contributed by atoms with Gasteiger partial charge in [0, 0.05) is 37.6 Å². The first-order valence-corrected chi connectivity index (χ1v) is 8.59. The van der Waals surface area contributed by atoms with Gasteiger partial charge in [0.05, 0.1) is 12.8 Å². The zero-order chi connectivity index (χ0) is 16.1. The number of hydrogen-bond donors (Lipinski definition) is 2. The van der Waals surface area contributed by atoms with E-state index in [4.69, 9.17) is 4.42 Å². The summed E-state index contributed by atoms with van der Waals surface area (Å²) in [5, 5.41) is 15.1. The lowest BCUT2D eigenvalue weighted by Crippen LogP contribution is -2.52. The van der Waals surface area contributed by atoms with E-state index in [1.165, 1.54) is 0 Å². The number of nitrogens with one attached hydrogen (secondary N) is 1. The standard InChI is InChI=1S/C16H21N3O3S/c20-14(15-4-1-9-22-15)12-18-5-7-19(8-6-18)16(21)17-11-13-3-2-10-23-13/h1-4,9-10,14,20H,5-8,11-12H2,(H,17,21). The number of aliphatic hydroxyl groups excluding tert-OH is 1. The van der Waals surface area contributed by atoms with E-state index >= 15 is 0 Å². The van der Waals surface area contributed by atoms with Gasteiger partial charge in [-0.25, -0.2) is 4.79 Å². The minimum Gasteiger partial charge on any atom is -0.467 e. The van der Waals surface area contributed by atoms with Gasteiger partial charge in [0.15, 0.2) is 0 Å². The maximum Gasteiger partial charge on any atom is 0.317 e. The third-order valence-corrected chi connectivity index (χ3v) is 4.83. The Morgan fingerprint density at radius 2 is 2.13 bits per heavy atom. The molecule has 0 saturated carbocycles. The molecule has 1 unspecified atom stereocenters. The van der Waals surface area contributed by atoms with Crippen LogP contribution >= 0.6 is 11.3 Å². The predicted molar refractivity (Wildman–Crippen MR) is 88.2 cm³/mol. The smallest absolute Gasteiger partial charge is 0.317 e. The van der Waals surface area contributed by atoms with Gasteiger partial charge < -0.3 is 19.7 Å². The molecular formula is C16H21N3O3S. The lowest BCUT2D eigenvalue weighted by molar-refractivity contribution is 0.0691. The molecule has 1 aliphatic heterocycles. The lowest BCUT2D eigenvalue weighted by Gasteiger charge is -2.35. The van der Waals surface area contributed by atoms with Crippen molar-refractivity contribution in [2.75, 3.05) is 32.7 Å². The van der Waals surface area contributed by atoms with Crippen molar-refractivity contribution < 1.29 is 14.3 Å². The van der Waals surface area contributed by atoms with Crippen LogP contribution in [-0.4, -0.2) is 53.7 Å². The fraction of sp³-hybridized carbons (Fsp3) is 0.438. The minimum absolute atomic E-state index is 0.0235. The van der Waals surface area contributed by atoms with Crippen LogP contribution in [0.25, 0.3) is 0 Å². The molecule has 3 heterocycles. The largest absolute Gasteiger partial charge is 0.467 e. The van der Waals surface area contributed by atoms with Crippen molar-refractivity contribution in [1.29, 1.82) is 0 Å². The van der Waals surface area contributed by atoms with Gasteiger partial charge in [-0.3, -0.25) is 4.90 Å². The number of β-amino-alcohol motifs (C(OH)–C–C–N with tert-alkyl or cyclic N) is 1. The molecule has 2 aromatic rings. The van der Waals surface area contributed by atoms with Crippen molar-refractivity contribution in [1.82, 2.24) is 15.1 Å². The zero-order valence-electron chi connectivity index (χ0n) is 12.9. The van der Waals surface area contributed by atoms with Gasteiger partial charge in [-0.15, -0.1) is 11.3 Å². The monoisotopic (exact) mass is 335 g/mol. The number of thiophene rings is 1. The van der Waals surface area contributed by atoms with Crippen molar-refractivity contribution in [3.8, 4) is 0 Å². The molecule has 2 aromatic heterocycles. The Morgan fingerprint density at radius 3 is 2.78 bits per heavy atom. The molecule has 0 spiro atoms. The van der Waals surface area contributed by atoms with Crippen LogP contribution in [0.15, 0.2) is 40.3 Å². The average Bonchev–Trinajstić information content (AvgIpc) is 3.26. The summed E-state index contributed by atoms with van der Waals surface area (Å²) in [6, 6.07) is 7.52. The van der Waals surface area contributed by atoms with E-state index in [2.05, 4.69) is 10.2 Å². The fourth-order valence-corrected chi connectivity index (χ4v) is 3.28. The first-order valence-electron chi connectivity index (χ1n) is 7.71. The zero-order valence-corrected chi connectivity index (χ0v) is 13.7. The highest BCUT2D eigenvalue weighted by molar-refractivity contribution is 7.09. The van der Waals surface area contributed by atoms with E-state index in [0.29, 0.717) is 31.9 Å². The van der Waals surface area contributed by atoms with Gasteiger partial charge in [0.1, 0.15) is 11.9 Å². The Morgan fingerprint density at radius 1 is 1.30 bits per heavy atom. The molecule has 7 heteroatoms. The Kier molecular flexibility index (Phi) is 5.32. The lowest BCUT2D eigenvalue weighted by atomic mass is 10.2. The molecule has 0 bridgehead atoms.